The van der Waals surface area contributed by atoms with Crippen LogP contribution in [0.3, 0.4) is 0 Å². The molecule has 35 atom stereocenters. The molecule has 0 saturated carbocycles. The molecule has 0 aliphatic carbocycles. The van der Waals surface area contributed by atoms with Gasteiger partial charge >= 0.3 is 0 Å². The lowest BCUT2D eigenvalue weighted by molar-refractivity contribution is -0.397. The number of rotatable bonds is 21. The minimum Gasteiger partial charge on any atom is -0.414 e. The average molecular weight is 1990 g/mol. The van der Waals surface area contributed by atoms with Crippen molar-refractivity contribution in [3.8, 4) is 0 Å². The Hall–Kier alpha value is 0.118. The minimum absolute atomic E-state index is 0.0768. The van der Waals surface area contributed by atoms with Crippen LogP contribution in [-0.4, -0.2) is 391 Å². The molecule has 0 aromatic carbocycles. The fourth-order valence-electron chi connectivity index (χ4n) is 14.7. The highest BCUT2D eigenvalue weighted by atomic mass is 28.4. The second-order valence-electron chi connectivity index (χ2n) is 48.3. The van der Waals surface area contributed by atoms with Crippen LogP contribution < -0.4 is 0 Å². The number of hydrogen-bond donors (Lipinski definition) is 14. The third-order valence-electron chi connectivity index (χ3n) is 31.6. The summed E-state index contributed by atoms with van der Waals surface area (Å²) in [6, 6.07) is 0. The van der Waals surface area contributed by atoms with Crippen molar-refractivity contribution in [3.63, 3.8) is 0 Å². The molecule has 14 N–H and O–H groups in total. The summed E-state index contributed by atoms with van der Waals surface area (Å²) in [4.78, 5) is 0. The molecule has 0 aromatic heterocycles. The maximum Gasteiger partial charge on any atom is 0.192 e. The molecule has 14 unspecified atom stereocenters. The van der Waals surface area contributed by atoms with Gasteiger partial charge < -0.3 is 169 Å². The lowest BCUT2D eigenvalue weighted by Gasteiger charge is -2.51. The lowest BCUT2D eigenvalue weighted by atomic mass is 9.85. The first-order valence-corrected chi connectivity index (χ1v) is 67.4. The number of aliphatic hydroxyl groups excluding tert-OH is 14. The van der Waals surface area contributed by atoms with E-state index in [9.17, 15) is 71.5 Å². The fraction of sp³-hybridized carbons (Fsp3) is 1.00. The van der Waals surface area contributed by atoms with Crippen molar-refractivity contribution in [3.05, 3.63) is 0 Å². The largest absolute Gasteiger partial charge is 0.414 e. The topological polar surface area (TPSA) is 477 Å². The van der Waals surface area contributed by atoms with E-state index in [0.29, 0.717) is 6.42 Å². The molecular weight excluding hydrogens is 1810 g/mol. The van der Waals surface area contributed by atoms with E-state index < -0.39 is 293 Å². The zero-order valence-corrected chi connectivity index (χ0v) is 91.8. The molecular formula is C88H176O35Si7. The van der Waals surface area contributed by atoms with Crippen LogP contribution in [0.4, 0.5) is 0 Å². The summed E-state index contributed by atoms with van der Waals surface area (Å²) in [6.07, 6.45) is -58.9. The van der Waals surface area contributed by atoms with Gasteiger partial charge in [0.1, 0.15) is 153 Å². The Kier molecular flexibility index (Phi) is 38.5. The predicted octanol–water partition coefficient (Wildman–Crippen LogP) is 7.39. The van der Waals surface area contributed by atoms with Gasteiger partial charge in [0.15, 0.2) is 102 Å². The van der Waals surface area contributed by atoms with Crippen molar-refractivity contribution in [1.29, 1.82) is 0 Å². The highest BCUT2D eigenvalue weighted by Crippen LogP contribution is 2.48. The third kappa shape index (κ3) is 27.0. The molecule has 24 aliphatic heterocycles. The molecule has 766 valence electrons. The summed E-state index contributed by atoms with van der Waals surface area (Å²) < 4.78 is 141. The highest BCUT2D eigenvalue weighted by Gasteiger charge is 2.62. The second kappa shape index (κ2) is 43.3. The van der Waals surface area contributed by atoms with Gasteiger partial charge in [-0.3, -0.25) is 0 Å². The van der Waals surface area contributed by atoms with Crippen LogP contribution in [0, 0.1) is 5.92 Å². The van der Waals surface area contributed by atoms with Gasteiger partial charge in [-0.2, -0.15) is 0 Å². The maximum absolute atomic E-state index is 12.8. The minimum atomic E-state index is -2.82. The zero-order valence-electron chi connectivity index (χ0n) is 84.8. The van der Waals surface area contributed by atoms with Gasteiger partial charge in [0.05, 0.1) is 58.5 Å². The smallest absolute Gasteiger partial charge is 0.192 e. The van der Waals surface area contributed by atoms with Crippen LogP contribution in [0.25, 0.3) is 0 Å². The van der Waals surface area contributed by atoms with Gasteiger partial charge in [0, 0.05) is 12.5 Å². The molecule has 0 aromatic rings. The number of fused-ring (bicyclic) bond motifs is 1. The molecule has 24 aliphatic rings. The van der Waals surface area contributed by atoms with Crippen LogP contribution in [0.5, 0.6) is 0 Å². The SMILES string of the molecule is CC(C)(C)[Si](C)(C)OCC1O[C@H]2O[C@H]3C(CO[Si](C)(C)C(C)(C)C)O[C@@H](O[C@H]4C(CO[Si](C)(C)C(C)(C)C)O[C@@H](O[C@H]5C(CO[Si](C)(C)C(C)(C)C)O[C@@H](O[C@H]6C(CO[Si](C)(C)C(C)(C)C)O[C@@H](O[C@H]7C(CO[Si](C)(C)C(C)(C)C)O[C@@H](O[C@H]8C(CO[Si](C)(C)C(C)(C)C)O[C@@H](OCCCC[C@@H]1[C@H](O)C2O)C(O)[C@H]8O)C(O)[C@H]7O)C(O)[C@H]6O)C(O)[C@H]5O)C(O)[C@H]4O)C(O)[C@H]3O. The third-order valence-corrected chi connectivity index (χ3v) is 63.1. The highest BCUT2D eigenvalue weighted by molar-refractivity contribution is 6.76. The summed E-state index contributed by atoms with van der Waals surface area (Å²) in [7, 11) is -19.2. The first-order valence-electron chi connectivity index (χ1n) is 47.1. The summed E-state index contributed by atoms with van der Waals surface area (Å²) in [6.45, 7) is 68.4. The zero-order chi connectivity index (χ0) is 98.8. The molecule has 24 saturated heterocycles. The van der Waals surface area contributed by atoms with Gasteiger partial charge in [0.2, 0.25) is 0 Å². The number of hydrogen-bond acceptors (Lipinski definition) is 35. The van der Waals surface area contributed by atoms with Crippen molar-refractivity contribution >= 4 is 58.2 Å². The molecule has 14 bridgehead atoms. The molecule has 24 fully saturated rings. The van der Waals surface area contributed by atoms with Gasteiger partial charge in [-0.15, -0.1) is 0 Å². The standard InChI is InChI=1S/C88H176O35Si7/c1-82(2,3)124(22,23)104-40-48-47-38-36-37-39-103-75-63(97)56(90)69(49(112-75)41-105-125(24,25)83(4,5)6)119-77-65(99)58(92)71(51(114-77)43-107-127(28,29)85(10,11)12)121-79-67(101)60(94)73(53(116-79)45-109-129(32,33)87(16,17)18)123-81-68(102)61(95)74(54(117-81)46-110-130(34,35)88(19,20)21)122-80-66(100)59(93)72(52(115-80)44-108-128(30,31)86(13,14)15)120-78-64(98)57(91)70(118-76(111-48)62(96)55(47)89)50(113-78)42-106-126(26,27)84(7,8)9/h47-81,89-102H,36-46H2,1-35H3/t47-,48?,49?,50?,51?,52?,53?,54?,55-,56+,57+,58+,59+,60+,61+,62?,63?,64?,65?,66?,67?,68?,69-,70-,71-,72-,73-,74-,75+,76-,77-,78-,79-,80-,81-/m0/s1. The first-order chi connectivity index (χ1) is 58.9. The van der Waals surface area contributed by atoms with Crippen molar-refractivity contribution < 1.29 is 169 Å². The molecule has 24 heterocycles. The number of aliphatic hydroxyl groups is 14. The Labute approximate surface area is 781 Å². The lowest BCUT2D eigenvalue weighted by Crippen LogP contribution is -2.69. The van der Waals surface area contributed by atoms with Gasteiger partial charge in [-0.1, -0.05) is 152 Å². The Balaban J connectivity index is 1.26. The molecule has 24 rings (SSSR count). The van der Waals surface area contributed by atoms with E-state index in [-0.39, 0.29) is 80.8 Å². The summed E-state index contributed by atoms with van der Waals surface area (Å²) in [5.74, 6) is -0.837. The van der Waals surface area contributed by atoms with Crippen LogP contribution in [0.2, 0.25) is 127 Å². The van der Waals surface area contributed by atoms with Crippen LogP contribution >= 0.6 is 0 Å². The van der Waals surface area contributed by atoms with Crippen LogP contribution in [0.1, 0.15) is 165 Å². The van der Waals surface area contributed by atoms with Gasteiger partial charge in [-0.25, -0.2) is 0 Å². The van der Waals surface area contributed by atoms with Crippen molar-refractivity contribution in [1.82, 2.24) is 0 Å². The first kappa shape index (κ1) is 115. The second-order valence-corrected chi connectivity index (χ2v) is 82.0. The van der Waals surface area contributed by atoms with E-state index in [1.54, 1.807) is 0 Å². The summed E-state index contributed by atoms with van der Waals surface area (Å²) >= 11 is 0. The molecule has 0 radical (unpaired) electrons. The fourth-order valence-corrected chi connectivity index (χ4v) is 21.8. The van der Waals surface area contributed by atoms with E-state index >= 15 is 0 Å². The quantitative estimate of drug-likeness (QED) is 0.0498. The predicted molar refractivity (Wildman–Crippen MR) is 499 cm³/mol. The number of ether oxygens (including phenoxy) is 14. The van der Waals surface area contributed by atoms with Crippen molar-refractivity contribution in [2.24, 2.45) is 5.92 Å². The van der Waals surface area contributed by atoms with E-state index in [1.807, 2.05) is 203 Å². The Bertz CT molecular complexity index is 3490. The molecule has 42 heteroatoms. The Morgan fingerprint density at radius 3 is 0.538 bits per heavy atom. The summed E-state index contributed by atoms with van der Waals surface area (Å²) in [5, 5.41) is 174. The normalized spacial score (nSPS) is 40.0. The monoisotopic (exact) mass is 1990 g/mol. The van der Waals surface area contributed by atoms with Crippen molar-refractivity contribution in [2.75, 3.05) is 52.9 Å². The van der Waals surface area contributed by atoms with Crippen molar-refractivity contribution in [2.45, 2.75) is 500 Å². The molecule has 130 heavy (non-hydrogen) atoms. The van der Waals surface area contributed by atoms with E-state index in [4.69, 9.17) is 97.3 Å². The van der Waals surface area contributed by atoms with Gasteiger partial charge in [0.25, 0.3) is 0 Å². The molecule has 0 amide bonds. The van der Waals surface area contributed by atoms with Gasteiger partial charge in [-0.05, 0) is 140 Å². The maximum atomic E-state index is 12.8. The van der Waals surface area contributed by atoms with Crippen LogP contribution in [0.15, 0.2) is 0 Å². The van der Waals surface area contributed by atoms with E-state index in [2.05, 4.69) is 33.9 Å². The molecule has 35 nitrogen and oxygen atoms in total. The summed E-state index contributed by atoms with van der Waals surface area (Å²) in [5.41, 5.74) is 0. The average Bonchev–Trinajstić information content (AvgIpc) is 0.766. The Morgan fingerprint density at radius 2 is 0.354 bits per heavy atom. The van der Waals surface area contributed by atoms with E-state index in [1.165, 1.54) is 0 Å². The molecule has 0 spiro atoms. The van der Waals surface area contributed by atoms with Crippen LogP contribution in [-0.2, 0) is 97.3 Å². The van der Waals surface area contributed by atoms with E-state index in [0.717, 1.165) is 0 Å². The Morgan fingerprint density at radius 1 is 0.200 bits per heavy atom.